The molecule has 1 amide bonds. The quantitative estimate of drug-likeness (QED) is 0.314. The molecular formula is C26H18ClF2N7O2. The fourth-order valence-corrected chi connectivity index (χ4v) is 4.80. The predicted molar refractivity (Wildman–Crippen MR) is 136 cm³/mol. The summed E-state index contributed by atoms with van der Waals surface area (Å²) < 4.78 is 28.9. The molecule has 2 aromatic carbocycles. The number of aromatic hydroxyl groups is 1. The van der Waals surface area contributed by atoms with Gasteiger partial charge in [-0.25, -0.2) is 28.7 Å². The van der Waals surface area contributed by atoms with Crippen molar-refractivity contribution in [3.05, 3.63) is 94.0 Å². The highest BCUT2D eigenvalue weighted by Crippen LogP contribution is 2.46. The lowest BCUT2D eigenvalue weighted by Crippen LogP contribution is -2.32. The van der Waals surface area contributed by atoms with Crippen LogP contribution < -0.4 is 11.1 Å². The van der Waals surface area contributed by atoms with Gasteiger partial charge in [0.2, 0.25) is 5.91 Å². The largest absolute Gasteiger partial charge is 0.506 e. The van der Waals surface area contributed by atoms with Gasteiger partial charge in [-0.05, 0) is 42.3 Å². The number of nitrogens with one attached hydrogen (secondary N) is 1. The number of hydrogen-bond acceptors (Lipinski definition) is 7. The van der Waals surface area contributed by atoms with Gasteiger partial charge in [0, 0.05) is 25.0 Å². The minimum atomic E-state index is -1.28. The standard InChI is InChI=1S/C26H18ClF2N7O2/c1-26(13-3-4-14(27)19(37)10-13)20-21(30)33-22(34-23(20)35-25(26)38)18-11-36-7-6-31-24(36)17(32-18)9-12-2-5-15(28)16(29)8-12/h2-8,10-11,37H,9H2,1H3,(H3,30,33,34,35,38). The first-order valence-electron chi connectivity index (χ1n) is 11.4. The summed E-state index contributed by atoms with van der Waals surface area (Å²) in [5.41, 5.74) is 7.76. The molecule has 0 radical (unpaired) electrons. The van der Waals surface area contributed by atoms with Crippen molar-refractivity contribution in [2.24, 2.45) is 0 Å². The third kappa shape index (κ3) is 3.62. The summed E-state index contributed by atoms with van der Waals surface area (Å²) in [7, 11) is 0. The number of aromatic nitrogens is 5. The Kier molecular flexibility index (Phi) is 5.28. The maximum absolute atomic E-state index is 13.8. The molecule has 0 fully saturated rings. The van der Waals surface area contributed by atoms with Crippen LogP contribution in [-0.2, 0) is 16.6 Å². The second-order valence-corrected chi connectivity index (χ2v) is 9.46. The second-order valence-electron chi connectivity index (χ2n) is 9.06. The lowest BCUT2D eigenvalue weighted by atomic mass is 9.77. The first-order valence-corrected chi connectivity index (χ1v) is 11.8. The molecular weight excluding hydrogens is 516 g/mol. The van der Waals surface area contributed by atoms with Crippen molar-refractivity contribution in [1.29, 1.82) is 0 Å². The van der Waals surface area contributed by atoms with E-state index in [9.17, 15) is 18.7 Å². The number of rotatable bonds is 4. The molecule has 12 heteroatoms. The maximum atomic E-state index is 13.8. The van der Waals surface area contributed by atoms with Crippen LogP contribution in [0.2, 0.25) is 5.02 Å². The maximum Gasteiger partial charge on any atom is 0.240 e. The van der Waals surface area contributed by atoms with Crippen LogP contribution in [-0.4, -0.2) is 35.4 Å². The van der Waals surface area contributed by atoms with E-state index in [2.05, 4.69) is 25.3 Å². The number of benzene rings is 2. The summed E-state index contributed by atoms with van der Waals surface area (Å²) in [5, 5.41) is 13.0. The van der Waals surface area contributed by atoms with Crippen molar-refractivity contribution < 1.29 is 18.7 Å². The van der Waals surface area contributed by atoms with Crippen LogP contribution in [0.1, 0.15) is 29.3 Å². The number of carbonyl (C=O) groups excluding carboxylic acids is 1. The summed E-state index contributed by atoms with van der Waals surface area (Å²) in [6.45, 7) is 1.66. The topological polar surface area (TPSA) is 131 Å². The van der Waals surface area contributed by atoms with Crippen LogP contribution in [0.3, 0.4) is 0 Å². The van der Waals surface area contributed by atoms with Crippen LogP contribution in [0.4, 0.5) is 20.4 Å². The van der Waals surface area contributed by atoms with Crippen molar-refractivity contribution in [3.63, 3.8) is 0 Å². The minimum Gasteiger partial charge on any atom is -0.506 e. The van der Waals surface area contributed by atoms with Crippen molar-refractivity contribution in [1.82, 2.24) is 24.3 Å². The molecule has 0 aliphatic carbocycles. The summed E-state index contributed by atoms with van der Waals surface area (Å²) in [6, 6.07) is 8.17. The summed E-state index contributed by atoms with van der Waals surface area (Å²) in [4.78, 5) is 31.1. The average molecular weight is 534 g/mol. The smallest absolute Gasteiger partial charge is 0.240 e. The molecule has 3 aromatic heterocycles. The molecule has 38 heavy (non-hydrogen) atoms. The zero-order valence-electron chi connectivity index (χ0n) is 19.7. The first kappa shape index (κ1) is 23.7. The highest BCUT2D eigenvalue weighted by Gasteiger charge is 2.47. The predicted octanol–water partition coefficient (Wildman–Crippen LogP) is 4.25. The van der Waals surface area contributed by atoms with E-state index in [-0.39, 0.29) is 34.7 Å². The lowest BCUT2D eigenvalue weighted by Gasteiger charge is -2.23. The Morgan fingerprint density at radius 3 is 2.71 bits per heavy atom. The number of nitrogen functional groups attached to an aromatic ring is 1. The zero-order valence-corrected chi connectivity index (χ0v) is 20.5. The molecule has 0 saturated heterocycles. The third-order valence-electron chi connectivity index (χ3n) is 6.67. The molecule has 190 valence electrons. The Labute approximate surface area is 219 Å². The number of phenolic OH excluding ortho intramolecular Hbond substituents is 1. The van der Waals surface area contributed by atoms with Gasteiger partial charge >= 0.3 is 0 Å². The summed E-state index contributed by atoms with van der Waals surface area (Å²) in [6.07, 6.45) is 5.12. The number of imidazole rings is 1. The molecule has 5 aromatic rings. The van der Waals surface area contributed by atoms with Crippen molar-refractivity contribution in [2.45, 2.75) is 18.8 Å². The number of nitrogens with two attached hydrogens (primary N) is 1. The van der Waals surface area contributed by atoms with Crippen LogP contribution in [0.25, 0.3) is 17.2 Å². The van der Waals surface area contributed by atoms with Crippen molar-refractivity contribution in [2.75, 3.05) is 11.1 Å². The zero-order chi connectivity index (χ0) is 26.8. The molecule has 1 atom stereocenters. The van der Waals surface area contributed by atoms with E-state index in [1.54, 1.807) is 36.0 Å². The number of phenols is 1. The van der Waals surface area contributed by atoms with Gasteiger partial charge in [-0.2, -0.15) is 0 Å². The van der Waals surface area contributed by atoms with E-state index < -0.39 is 23.0 Å². The summed E-state index contributed by atoms with van der Waals surface area (Å²) >= 11 is 5.95. The fraction of sp³-hybridized carbons (Fsp3) is 0.115. The molecule has 9 nitrogen and oxygen atoms in total. The van der Waals surface area contributed by atoms with E-state index in [0.29, 0.717) is 33.7 Å². The Morgan fingerprint density at radius 1 is 1.13 bits per heavy atom. The molecule has 0 saturated carbocycles. The highest BCUT2D eigenvalue weighted by atomic mass is 35.5. The Balaban J connectivity index is 1.45. The van der Waals surface area contributed by atoms with E-state index in [0.717, 1.165) is 12.1 Å². The highest BCUT2D eigenvalue weighted by molar-refractivity contribution is 6.32. The normalized spacial score (nSPS) is 16.6. The van der Waals surface area contributed by atoms with E-state index in [1.807, 2.05) is 0 Å². The molecule has 4 heterocycles. The monoisotopic (exact) mass is 533 g/mol. The van der Waals surface area contributed by atoms with Gasteiger partial charge in [-0.3, -0.25) is 4.79 Å². The number of anilines is 2. The van der Waals surface area contributed by atoms with Gasteiger partial charge in [0.1, 0.15) is 28.5 Å². The first-order chi connectivity index (χ1) is 18.1. The van der Waals surface area contributed by atoms with Gasteiger partial charge in [0.25, 0.3) is 0 Å². The molecule has 1 unspecified atom stereocenters. The van der Waals surface area contributed by atoms with Crippen molar-refractivity contribution >= 4 is 34.8 Å². The van der Waals surface area contributed by atoms with Crippen LogP contribution >= 0.6 is 11.6 Å². The molecule has 0 bridgehead atoms. The molecule has 1 aliphatic rings. The third-order valence-corrected chi connectivity index (χ3v) is 6.99. The van der Waals surface area contributed by atoms with E-state index >= 15 is 0 Å². The van der Waals surface area contributed by atoms with Gasteiger partial charge in [0.05, 0.1) is 16.3 Å². The van der Waals surface area contributed by atoms with Crippen LogP contribution in [0.5, 0.6) is 5.75 Å². The van der Waals surface area contributed by atoms with E-state index in [4.69, 9.17) is 17.3 Å². The average Bonchev–Trinajstić information content (AvgIpc) is 3.46. The van der Waals surface area contributed by atoms with Crippen LogP contribution in [0, 0.1) is 11.6 Å². The van der Waals surface area contributed by atoms with Gasteiger partial charge in [-0.15, -0.1) is 0 Å². The molecule has 0 spiro atoms. The molecule has 1 aliphatic heterocycles. The Morgan fingerprint density at radius 2 is 1.95 bits per heavy atom. The number of fused-ring (bicyclic) bond motifs is 2. The number of carbonyl (C=O) groups is 1. The number of amides is 1. The number of halogens is 3. The summed E-state index contributed by atoms with van der Waals surface area (Å²) in [5.74, 6) is -2.06. The van der Waals surface area contributed by atoms with Crippen LogP contribution in [0.15, 0.2) is 55.0 Å². The molecule has 6 rings (SSSR count). The van der Waals surface area contributed by atoms with Crippen molar-refractivity contribution in [3.8, 4) is 17.3 Å². The van der Waals surface area contributed by atoms with Gasteiger partial charge < -0.3 is 20.6 Å². The SMILES string of the molecule is CC1(c2ccc(Cl)c(O)c2)C(=O)Nc2nc(-c3cn4ccnc4c(Cc4ccc(F)c(F)c4)n3)nc(N)c21. The molecule has 4 N–H and O–H groups in total. The fourth-order valence-electron chi connectivity index (χ4n) is 4.69. The number of nitrogens with zero attached hydrogens (tertiary/aromatic N) is 5. The Hall–Kier alpha value is -4.64. The van der Waals surface area contributed by atoms with E-state index in [1.165, 1.54) is 18.2 Å². The van der Waals surface area contributed by atoms with Gasteiger partial charge in [-0.1, -0.05) is 23.7 Å². The minimum absolute atomic E-state index is 0.0509. The number of hydrogen-bond donors (Lipinski definition) is 3. The second kappa shape index (κ2) is 8.45. The Bertz CT molecular complexity index is 1790. The lowest BCUT2D eigenvalue weighted by molar-refractivity contribution is -0.119. The van der Waals surface area contributed by atoms with Gasteiger partial charge in [0.15, 0.2) is 23.1 Å².